The number of amides is 3. The number of phosphoric acid groups is 1. The molecule has 0 aromatic rings. The Hall–Kier alpha value is -4.26. The van der Waals surface area contributed by atoms with Crippen LogP contribution < -0.4 is 16.0 Å². The van der Waals surface area contributed by atoms with Crippen LogP contribution >= 0.6 is 7.82 Å². The molecule has 58 heteroatoms. The molecule has 0 aromatic heterocycles. The Morgan fingerprint density at radius 2 is 0.787 bits per heavy atom. The van der Waals surface area contributed by atoms with Crippen molar-refractivity contribution in [2.45, 2.75) is 315 Å². The van der Waals surface area contributed by atoms with Gasteiger partial charge < -0.3 is 249 Å². The van der Waals surface area contributed by atoms with E-state index in [9.17, 15) is 181 Å². The van der Waals surface area contributed by atoms with Gasteiger partial charge >= 0.3 is 19.8 Å². The molecule has 0 saturated carbocycles. The zero-order chi connectivity index (χ0) is 90.7. The molecular formula is C64H106N3O54P. The van der Waals surface area contributed by atoms with Crippen LogP contribution in [0.15, 0.2) is 0 Å². The van der Waals surface area contributed by atoms with Crippen molar-refractivity contribution >= 4 is 37.5 Å². The normalized spacial score (nSPS) is 46.8. The number of ether oxygens (including phenoxy) is 17. The van der Waals surface area contributed by atoms with Gasteiger partial charge in [0, 0.05) is 27.2 Å². The first-order valence-corrected chi connectivity index (χ1v) is 39.1. The van der Waals surface area contributed by atoms with Crippen molar-refractivity contribution in [3.8, 4) is 0 Å². The lowest BCUT2D eigenvalue weighted by Crippen LogP contribution is -2.72. The lowest BCUT2D eigenvalue weighted by molar-refractivity contribution is -0.429. The number of aliphatic hydroxyl groups excluding tert-OH is 26. The minimum Gasteiger partial charge on any atom is -0.479 e. The van der Waals surface area contributed by atoms with Crippen molar-refractivity contribution in [1.29, 1.82) is 0 Å². The Labute approximate surface area is 686 Å². The number of rotatable bonds is 34. The van der Waals surface area contributed by atoms with Gasteiger partial charge in [-0.25, -0.2) is 14.2 Å². The highest BCUT2D eigenvalue weighted by Gasteiger charge is 2.65. The van der Waals surface area contributed by atoms with E-state index >= 15 is 0 Å². The first-order chi connectivity index (χ1) is 57.2. The number of aliphatic carboxylic acids is 2. The van der Waals surface area contributed by atoms with Crippen molar-refractivity contribution in [2.24, 2.45) is 0 Å². The van der Waals surface area contributed by atoms with Gasteiger partial charge in [-0.05, 0) is 0 Å². The lowest BCUT2D eigenvalue weighted by atomic mass is 9.90. The quantitative estimate of drug-likeness (QED) is 0.0266. The Morgan fingerprint density at radius 3 is 1.32 bits per heavy atom. The predicted octanol–water partition coefficient (Wildman–Crippen LogP) is -21.4. The van der Waals surface area contributed by atoms with E-state index in [-0.39, 0.29) is 0 Å². The van der Waals surface area contributed by atoms with Crippen LogP contribution in [0.3, 0.4) is 0 Å². The van der Waals surface area contributed by atoms with Gasteiger partial charge in [-0.2, -0.15) is 0 Å². The highest BCUT2D eigenvalue weighted by atomic mass is 31.2. The zero-order valence-corrected chi connectivity index (χ0v) is 65.0. The molecule has 1 unspecified atom stereocenters. The molecule has 9 aliphatic rings. The van der Waals surface area contributed by atoms with E-state index in [1.54, 1.807) is 0 Å². The first-order valence-electron chi connectivity index (χ1n) is 37.6. The number of carboxylic acids is 2. The minimum atomic E-state index is -6.34. The molecule has 9 fully saturated rings. The van der Waals surface area contributed by atoms with Gasteiger partial charge in [-0.3, -0.25) is 18.9 Å². The van der Waals surface area contributed by atoms with Crippen molar-refractivity contribution < 1.29 is 266 Å². The maximum absolute atomic E-state index is 14.0. The number of hydrogen-bond donors (Lipinski definition) is 33. The molecule has 0 bridgehead atoms. The third-order valence-electron chi connectivity index (χ3n) is 21.4. The van der Waals surface area contributed by atoms with Gasteiger partial charge in [0.1, 0.15) is 226 Å². The summed E-state index contributed by atoms with van der Waals surface area (Å²) < 4.78 is 119. The van der Waals surface area contributed by atoms with Gasteiger partial charge in [0.2, 0.25) is 17.7 Å². The van der Waals surface area contributed by atoms with Crippen LogP contribution in [-0.2, 0) is 114 Å². The molecule has 0 radical (unpaired) electrons. The molecule has 9 heterocycles. The zero-order valence-electron chi connectivity index (χ0n) is 64.1. The summed E-state index contributed by atoms with van der Waals surface area (Å²) in [7, 11) is -6.34. The smallest absolute Gasteiger partial charge is 0.469 e. The first kappa shape index (κ1) is 101. The number of carbonyl (C=O) groups is 5. The summed E-state index contributed by atoms with van der Waals surface area (Å²) in [5.74, 6) is -11.0. The average Bonchev–Trinajstić information content (AvgIpc) is 0.743. The molecule has 122 heavy (non-hydrogen) atoms. The van der Waals surface area contributed by atoms with E-state index in [1.165, 1.54) is 0 Å². The van der Waals surface area contributed by atoms with Gasteiger partial charge in [-0.1, -0.05) is 0 Å². The molecule has 47 atom stereocenters. The van der Waals surface area contributed by atoms with Gasteiger partial charge in [-0.15, -0.1) is 0 Å². The fourth-order valence-electron chi connectivity index (χ4n) is 15.1. The second kappa shape index (κ2) is 43.0. The summed E-state index contributed by atoms with van der Waals surface area (Å²) in [4.78, 5) is 85.0. The van der Waals surface area contributed by atoms with E-state index in [1.807, 2.05) is 0 Å². The van der Waals surface area contributed by atoms with Crippen LogP contribution in [0.2, 0.25) is 0 Å². The van der Waals surface area contributed by atoms with E-state index in [0.717, 1.165) is 20.8 Å². The molecule has 9 saturated heterocycles. The monoisotopic (exact) mass is 1810 g/mol. The maximum atomic E-state index is 14.0. The van der Waals surface area contributed by atoms with E-state index < -0.39 is 385 Å². The van der Waals surface area contributed by atoms with Crippen molar-refractivity contribution in [3.63, 3.8) is 0 Å². The molecule has 706 valence electrons. The summed E-state index contributed by atoms with van der Waals surface area (Å²) >= 11 is 0. The van der Waals surface area contributed by atoms with E-state index in [2.05, 4.69) is 16.0 Å². The topological polar surface area (TPSA) is 912 Å². The Bertz CT molecular complexity index is 3420. The molecule has 9 aliphatic heterocycles. The Morgan fingerprint density at radius 1 is 0.385 bits per heavy atom. The third kappa shape index (κ3) is 22.6. The van der Waals surface area contributed by atoms with Crippen LogP contribution in [0, 0.1) is 0 Å². The molecule has 0 spiro atoms. The second-order valence-corrected chi connectivity index (χ2v) is 31.2. The highest BCUT2D eigenvalue weighted by Crippen LogP contribution is 2.48. The predicted molar refractivity (Wildman–Crippen MR) is 367 cm³/mol. The van der Waals surface area contributed by atoms with Crippen molar-refractivity contribution in [1.82, 2.24) is 16.0 Å². The average molecular weight is 1810 g/mol. The minimum absolute atomic E-state index is 0.791. The number of aliphatic hydroxyl groups is 26. The van der Waals surface area contributed by atoms with Gasteiger partial charge in [0.05, 0.1) is 52.9 Å². The largest absolute Gasteiger partial charge is 0.479 e. The number of carboxylic acid groups (broad SMARTS) is 2. The molecule has 0 aliphatic carbocycles. The van der Waals surface area contributed by atoms with Crippen LogP contribution in [0.5, 0.6) is 0 Å². The third-order valence-corrected chi connectivity index (χ3v) is 22.0. The van der Waals surface area contributed by atoms with Crippen LogP contribution in [0.1, 0.15) is 27.2 Å². The molecule has 0 aromatic carbocycles. The van der Waals surface area contributed by atoms with Crippen LogP contribution in [-0.4, -0.2) is 523 Å². The summed E-state index contributed by atoms with van der Waals surface area (Å²) in [5.41, 5.74) is 0. The Kier molecular flexibility index (Phi) is 35.8. The number of phosphoric ester groups is 1. The number of carbonyl (C=O) groups excluding carboxylic acids is 3. The van der Waals surface area contributed by atoms with Crippen molar-refractivity contribution in [3.05, 3.63) is 0 Å². The molecular weight excluding hydrogens is 1710 g/mol. The summed E-state index contributed by atoms with van der Waals surface area (Å²) in [5, 5.41) is 319. The maximum Gasteiger partial charge on any atom is 0.469 e. The lowest BCUT2D eigenvalue weighted by Gasteiger charge is -2.54. The number of nitrogens with one attached hydrogen (secondary N) is 3. The van der Waals surface area contributed by atoms with E-state index in [4.69, 9.17) is 85.1 Å². The highest BCUT2D eigenvalue weighted by molar-refractivity contribution is 7.46. The standard InChI is InChI=1S/C64H106N3O54P/c1-13(74)65-25-32(84)30(82)23(106-55(25)98)11-104-56-26(66-14(2)75)33(85)31(83)24(110-56)12-105-64(63(99)100)4-19(121-122(101,102)103)48(46(120-64)18(79)7-70)114-62-53(119-60-42(94)36(88)37(89)49(115-60)54(96)97)52(118-61-50(39(91)38(90)44(111-61)16(77)5-68)116-58-41(93)35(87)29(81)21(9-72)108-58)51(45(112-62)17(78)6-69)117-59-43(95)40(92)47(22(10-73)109-59)113-57-27(67-15(3)76)34(86)28(80)20(8-71)107-57/h16-53,55-62,68-73,77-95,98H,4-12H2,1-3H3,(H,65,74)(H,66,75)(H,67,76)(H,96,97)(H,99,100)(H2,101,102,103)/t16-,17-,18+,19+,20+,21+,22+,23+,24+,25+,26+,27+,28+,29-,30+,31+,32+,33+,34+,35-,36-,37-,38-,39-,40+,41+,42+,43+,44+,45+,46+,47+,48+,49-,50-,51+,52-,53-,55?,56+,57-,58-,59-,60-,61+,62+,64+/m0/s1. The second-order valence-electron chi connectivity index (χ2n) is 30.0. The van der Waals surface area contributed by atoms with Gasteiger partial charge in [0.25, 0.3) is 5.79 Å². The summed E-state index contributed by atoms with van der Waals surface area (Å²) in [6.07, 6.45) is -109. The molecule has 3 amide bonds. The van der Waals surface area contributed by atoms with Crippen LogP contribution in [0.25, 0.3) is 0 Å². The van der Waals surface area contributed by atoms with E-state index in [0.29, 0.717) is 0 Å². The SMILES string of the molecule is CC(=O)N[C@H]1[C@H](OC[C@H]2OC(O)[C@H](NC(C)=O)[C@@H](O)[C@@H]2O)O[C@H](CO[C@]2(C(=O)O)C[C@@H](OP(=O)(O)O)[C@@H](O[C@H]3O[C@H]([C@@H](O)CO)[C@@H](O[C@@H]4O[C@H](CO)[C@@H](O[C@@H]5O[C@H](CO)[C@@H](O)[C@H](O)[C@H]5NC(C)=O)[C@H](O)[C@H]4O)[C@H](O[C@H]4O[C@H]([C@@H](O)CO)[C@@H](O)[C@H](O)[C@@H]4O[C@@H]4O[C@H](CO)[C@H](O)[C@H](O)[C@H]4O)[C@@H]3O[C@@H]3O[C@H](C(=O)O)[C@@H](O)[C@H](O)[C@H]3O)[C@@H]([C@H](O)CO)O2)[C@@H](O)[C@@H]1O. The summed E-state index contributed by atoms with van der Waals surface area (Å²) in [6, 6.07) is -5.31. The summed E-state index contributed by atoms with van der Waals surface area (Å²) in [6.45, 7) is -8.04. The van der Waals surface area contributed by atoms with Crippen LogP contribution in [0.4, 0.5) is 0 Å². The molecule has 33 N–H and O–H groups in total. The molecule has 9 rings (SSSR count). The number of hydrogen-bond acceptors (Lipinski definition) is 50. The van der Waals surface area contributed by atoms with Crippen molar-refractivity contribution in [2.75, 3.05) is 52.9 Å². The van der Waals surface area contributed by atoms with Gasteiger partial charge in [0.15, 0.2) is 56.4 Å². The molecule has 57 nitrogen and oxygen atoms in total. The fraction of sp³-hybridized carbons (Fsp3) is 0.922. The fourth-order valence-corrected chi connectivity index (χ4v) is 15.6. The Balaban J connectivity index is 1.18.